The Morgan fingerprint density at radius 2 is 1.92 bits per heavy atom. The first-order valence-corrected chi connectivity index (χ1v) is 9.80. The number of piperazine rings is 1. The van der Waals surface area contributed by atoms with Gasteiger partial charge in [0.25, 0.3) is 0 Å². The summed E-state index contributed by atoms with van der Waals surface area (Å²) in [5.41, 5.74) is 1.85. The molecule has 0 spiro atoms. The molecule has 134 valence electrons. The van der Waals surface area contributed by atoms with E-state index in [9.17, 15) is 8.42 Å². The molecular weight excluding hydrogens is 346 g/mol. The minimum atomic E-state index is -3.46. The van der Waals surface area contributed by atoms with Crippen molar-refractivity contribution in [3.63, 3.8) is 0 Å². The maximum absolute atomic E-state index is 12.8. The quantitative estimate of drug-likeness (QED) is 0.618. The molecule has 0 unspecified atom stereocenters. The van der Waals surface area contributed by atoms with Crippen molar-refractivity contribution in [1.29, 1.82) is 0 Å². The van der Waals surface area contributed by atoms with Crippen LogP contribution in [0.5, 0.6) is 0 Å². The largest absolute Gasteiger partial charge is 0.383 e. The SMILES string of the molecule is COCCNC(=S)N1CCN(S(=O)(=O)c2ccc(C)cc2C)CC1. The van der Waals surface area contributed by atoms with Crippen LogP contribution in [0.1, 0.15) is 11.1 Å². The van der Waals surface area contributed by atoms with Gasteiger partial charge in [0.1, 0.15) is 0 Å². The first-order chi connectivity index (χ1) is 11.4. The van der Waals surface area contributed by atoms with Crippen LogP contribution in [0, 0.1) is 13.8 Å². The van der Waals surface area contributed by atoms with Crippen molar-refractivity contribution in [3.05, 3.63) is 29.3 Å². The second-order valence-electron chi connectivity index (χ2n) is 5.88. The molecule has 1 saturated heterocycles. The summed E-state index contributed by atoms with van der Waals surface area (Å²) >= 11 is 5.34. The van der Waals surface area contributed by atoms with E-state index in [1.807, 2.05) is 30.9 Å². The van der Waals surface area contributed by atoms with Gasteiger partial charge in [-0.25, -0.2) is 8.42 Å². The summed E-state index contributed by atoms with van der Waals surface area (Å²) in [4.78, 5) is 2.39. The molecule has 1 N–H and O–H groups in total. The summed E-state index contributed by atoms with van der Waals surface area (Å²) in [6, 6.07) is 5.44. The second kappa shape index (κ2) is 8.24. The van der Waals surface area contributed by atoms with Crippen molar-refractivity contribution in [1.82, 2.24) is 14.5 Å². The van der Waals surface area contributed by atoms with E-state index in [-0.39, 0.29) is 0 Å². The first-order valence-electron chi connectivity index (χ1n) is 7.95. The number of thiocarbonyl (C=S) groups is 1. The summed E-state index contributed by atoms with van der Waals surface area (Å²) in [5, 5.41) is 3.77. The molecule has 1 heterocycles. The van der Waals surface area contributed by atoms with Gasteiger partial charge in [-0.3, -0.25) is 0 Å². The maximum atomic E-state index is 12.8. The number of ether oxygens (including phenoxy) is 1. The van der Waals surface area contributed by atoms with Crippen LogP contribution in [0.4, 0.5) is 0 Å². The Bertz CT molecular complexity index is 684. The minimum Gasteiger partial charge on any atom is -0.383 e. The fourth-order valence-corrected chi connectivity index (χ4v) is 4.64. The van der Waals surface area contributed by atoms with Crippen LogP contribution in [-0.2, 0) is 14.8 Å². The lowest BCUT2D eigenvalue weighted by Crippen LogP contribution is -2.53. The van der Waals surface area contributed by atoms with E-state index in [4.69, 9.17) is 17.0 Å². The molecule has 1 aliphatic rings. The number of sulfonamides is 1. The van der Waals surface area contributed by atoms with E-state index in [0.29, 0.717) is 49.3 Å². The molecule has 0 aromatic heterocycles. The van der Waals surface area contributed by atoms with E-state index in [2.05, 4.69) is 5.32 Å². The molecule has 0 aliphatic carbocycles. The number of aryl methyl sites for hydroxylation is 2. The predicted molar refractivity (Wildman–Crippen MR) is 98.7 cm³/mol. The lowest BCUT2D eigenvalue weighted by molar-refractivity contribution is 0.201. The van der Waals surface area contributed by atoms with Crippen molar-refractivity contribution < 1.29 is 13.2 Å². The molecule has 1 aromatic rings. The standard InChI is InChI=1S/C16H25N3O3S2/c1-13-4-5-15(14(2)12-13)24(20,21)19-9-7-18(8-10-19)16(23)17-6-11-22-3/h4-5,12H,6-11H2,1-3H3,(H,17,23). The number of rotatable bonds is 5. The molecule has 8 heteroatoms. The van der Waals surface area contributed by atoms with Crippen LogP contribution in [0.2, 0.25) is 0 Å². The van der Waals surface area contributed by atoms with E-state index < -0.39 is 10.0 Å². The van der Waals surface area contributed by atoms with Gasteiger partial charge in [0.05, 0.1) is 11.5 Å². The molecule has 1 aliphatic heterocycles. The van der Waals surface area contributed by atoms with Gasteiger partial charge >= 0.3 is 0 Å². The third-order valence-corrected chi connectivity index (χ3v) is 6.52. The molecule has 0 radical (unpaired) electrons. The summed E-state index contributed by atoms with van der Waals surface area (Å²) in [6.45, 7) is 7.07. The highest BCUT2D eigenvalue weighted by Gasteiger charge is 2.30. The Labute approximate surface area is 149 Å². The van der Waals surface area contributed by atoms with Gasteiger partial charge in [-0.15, -0.1) is 0 Å². The lowest BCUT2D eigenvalue weighted by atomic mass is 10.2. The van der Waals surface area contributed by atoms with Gasteiger partial charge in [0.15, 0.2) is 5.11 Å². The normalized spacial score (nSPS) is 16.2. The third kappa shape index (κ3) is 4.44. The Kier molecular flexibility index (Phi) is 6.56. The number of methoxy groups -OCH3 is 1. The predicted octanol–water partition coefficient (Wildman–Crippen LogP) is 1.13. The minimum absolute atomic E-state index is 0.391. The Balaban J connectivity index is 1.99. The van der Waals surface area contributed by atoms with Crippen LogP contribution >= 0.6 is 12.2 Å². The van der Waals surface area contributed by atoms with Gasteiger partial charge in [0, 0.05) is 39.8 Å². The average molecular weight is 372 g/mol. The molecule has 0 saturated carbocycles. The van der Waals surface area contributed by atoms with Crippen molar-refractivity contribution in [2.24, 2.45) is 0 Å². The van der Waals surface area contributed by atoms with Crippen molar-refractivity contribution in [2.75, 3.05) is 46.4 Å². The van der Waals surface area contributed by atoms with Crippen molar-refractivity contribution in [2.45, 2.75) is 18.7 Å². The van der Waals surface area contributed by atoms with Crippen LogP contribution in [0.3, 0.4) is 0 Å². The fourth-order valence-electron chi connectivity index (χ4n) is 2.73. The summed E-state index contributed by atoms with van der Waals surface area (Å²) in [5.74, 6) is 0. The van der Waals surface area contributed by atoms with E-state index >= 15 is 0 Å². The Morgan fingerprint density at radius 3 is 2.50 bits per heavy atom. The first kappa shape index (κ1) is 19.1. The number of nitrogens with zero attached hydrogens (tertiary/aromatic N) is 2. The molecule has 0 atom stereocenters. The van der Waals surface area contributed by atoms with Crippen LogP contribution in [-0.4, -0.2) is 69.2 Å². The summed E-state index contributed by atoms with van der Waals surface area (Å²) in [6.07, 6.45) is 0. The Morgan fingerprint density at radius 1 is 1.25 bits per heavy atom. The van der Waals surface area contributed by atoms with Gasteiger partial charge in [-0.05, 0) is 37.7 Å². The number of nitrogens with one attached hydrogen (secondary N) is 1. The molecule has 1 fully saturated rings. The highest BCUT2D eigenvalue weighted by atomic mass is 32.2. The molecular formula is C16H25N3O3S2. The molecule has 1 aromatic carbocycles. The zero-order valence-corrected chi connectivity index (χ0v) is 16.0. The fraction of sp³-hybridized carbons (Fsp3) is 0.562. The molecule has 6 nitrogen and oxygen atoms in total. The smallest absolute Gasteiger partial charge is 0.243 e. The Hall–Kier alpha value is -1.22. The number of hydrogen-bond donors (Lipinski definition) is 1. The van der Waals surface area contributed by atoms with E-state index in [0.717, 1.165) is 11.1 Å². The maximum Gasteiger partial charge on any atom is 0.243 e. The highest BCUT2D eigenvalue weighted by Crippen LogP contribution is 2.22. The topological polar surface area (TPSA) is 61.9 Å². The summed E-state index contributed by atoms with van der Waals surface area (Å²) in [7, 11) is -1.82. The van der Waals surface area contributed by atoms with E-state index in [1.54, 1.807) is 17.5 Å². The molecule has 2 rings (SSSR count). The molecule has 24 heavy (non-hydrogen) atoms. The van der Waals surface area contributed by atoms with Crippen LogP contribution in [0.15, 0.2) is 23.1 Å². The monoisotopic (exact) mass is 371 g/mol. The van der Waals surface area contributed by atoms with Crippen molar-refractivity contribution in [3.8, 4) is 0 Å². The van der Waals surface area contributed by atoms with Crippen molar-refractivity contribution >= 4 is 27.4 Å². The average Bonchev–Trinajstić information content (AvgIpc) is 2.54. The number of benzene rings is 1. The summed E-state index contributed by atoms with van der Waals surface area (Å²) < 4.78 is 32.2. The van der Waals surface area contributed by atoms with Crippen LogP contribution in [0.25, 0.3) is 0 Å². The second-order valence-corrected chi connectivity index (χ2v) is 8.18. The zero-order valence-electron chi connectivity index (χ0n) is 14.4. The van der Waals surface area contributed by atoms with Crippen LogP contribution < -0.4 is 5.32 Å². The third-order valence-electron chi connectivity index (χ3n) is 4.06. The van der Waals surface area contributed by atoms with Gasteiger partial charge < -0.3 is 15.0 Å². The molecule has 0 bridgehead atoms. The molecule has 0 amide bonds. The van der Waals surface area contributed by atoms with Gasteiger partial charge in [-0.2, -0.15) is 4.31 Å². The highest BCUT2D eigenvalue weighted by molar-refractivity contribution is 7.89. The lowest BCUT2D eigenvalue weighted by Gasteiger charge is -2.35. The van der Waals surface area contributed by atoms with Gasteiger partial charge in [0.2, 0.25) is 10.0 Å². The zero-order chi connectivity index (χ0) is 17.7. The van der Waals surface area contributed by atoms with Gasteiger partial charge in [-0.1, -0.05) is 17.7 Å². The number of hydrogen-bond acceptors (Lipinski definition) is 4. The van der Waals surface area contributed by atoms with E-state index in [1.165, 1.54) is 0 Å².